The van der Waals surface area contributed by atoms with Crippen LogP contribution in [0.2, 0.25) is 0 Å². The molecule has 48 valence electrons. The van der Waals surface area contributed by atoms with Gasteiger partial charge in [-0.15, -0.1) is 0 Å². The van der Waals surface area contributed by atoms with Crippen molar-refractivity contribution in [2.24, 2.45) is 0 Å². The third-order valence-electron chi connectivity index (χ3n) is 1.29. The van der Waals surface area contributed by atoms with Gasteiger partial charge >= 0.3 is 0 Å². The molecule has 0 saturated carbocycles. The van der Waals surface area contributed by atoms with Crippen LogP contribution in [-0.2, 0) is 7.80 Å². The van der Waals surface area contributed by atoms with Gasteiger partial charge < -0.3 is 4.74 Å². The maximum absolute atomic E-state index is 5.28. The van der Waals surface area contributed by atoms with Crippen LogP contribution in [0.25, 0.3) is 0 Å². The number of rotatable bonds is 1. The van der Waals surface area contributed by atoms with Gasteiger partial charge in [0.1, 0.15) is 23.0 Å². The van der Waals surface area contributed by atoms with Gasteiger partial charge in [0, 0.05) is 6.42 Å². The standard InChI is InChI=1S/C5H9IO2/c1-4-2-3-5(7-4)8-6/h4-5H,2-3H2,1H3. The molecule has 8 heavy (non-hydrogen) atoms. The topological polar surface area (TPSA) is 18.5 Å². The molecule has 0 spiro atoms. The van der Waals surface area contributed by atoms with Crippen LogP contribution >= 0.6 is 23.0 Å². The predicted octanol–water partition coefficient (Wildman–Crippen LogP) is 1.88. The van der Waals surface area contributed by atoms with E-state index in [0.717, 1.165) is 12.8 Å². The van der Waals surface area contributed by atoms with Crippen molar-refractivity contribution in [3.05, 3.63) is 0 Å². The predicted molar refractivity (Wildman–Crippen MR) is 38.7 cm³/mol. The average molecular weight is 228 g/mol. The second-order valence-electron chi connectivity index (χ2n) is 2.04. The van der Waals surface area contributed by atoms with E-state index in [0.29, 0.717) is 6.10 Å². The van der Waals surface area contributed by atoms with E-state index in [1.807, 2.05) is 23.0 Å². The van der Waals surface area contributed by atoms with E-state index in [4.69, 9.17) is 7.80 Å². The van der Waals surface area contributed by atoms with E-state index in [9.17, 15) is 0 Å². The Morgan fingerprint density at radius 3 is 2.62 bits per heavy atom. The van der Waals surface area contributed by atoms with Crippen LogP contribution in [0.5, 0.6) is 0 Å². The van der Waals surface area contributed by atoms with Gasteiger partial charge in [0.05, 0.1) is 6.10 Å². The maximum Gasteiger partial charge on any atom is 0.169 e. The van der Waals surface area contributed by atoms with Crippen molar-refractivity contribution in [2.75, 3.05) is 0 Å². The Balaban J connectivity index is 2.22. The van der Waals surface area contributed by atoms with Gasteiger partial charge in [-0.1, -0.05) is 0 Å². The molecule has 2 unspecified atom stereocenters. The van der Waals surface area contributed by atoms with E-state index in [1.54, 1.807) is 0 Å². The van der Waals surface area contributed by atoms with Gasteiger partial charge in [0.25, 0.3) is 0 Å². The summed E-state index contributed by atoms with van der Waals surface area (Å²) in [6, 6.07) is 0. The van der Waals surface area contributed by atoms with Crippen molar-refractivity contribution in [1.82, 2.24) is 0 Å². The van der Waals surface area contributed by atoms with Crippen LogP contribution in [0.4, 0.5) is 0 Å². The van der Waals surface area contributed by atoms with E-state index in [1.165, 1.54) is 0 Å². The zero-order valence-corrected chi connectivity index (χ0v) is 6.92. The molecule has 1 saturated heterocycles. The van der Waals surface area contributed by atoms with Crippen LogP contribution in [-0.4, -0.2) is 12.4 Å². The number of hydrogen-bond donors (Lipinski definition) is 0. The Labute approximate surface area is 63.2 Å². The summed E-state index contributed by atoms with van der Waals surface area (Å²) in [5.74, 6) is 0. The number of halogens is 1. The summed E-state index contributed by atoms with van der Waals surface area (Å²) in [5, 5.41) is 0. The Kier molecular flexibility index (Phi) is 2.52. The summed E-state index contributed by atoms with van der Waals surface area (Å²) < 4.78 is 10.2. The van der Waals surface area contributed by atoms with Gasteiger partial charge in [-0.3, -0.25) is 3.07 Å². The zero-order valence-electron chi connectivity index (χ0n) is 4.76. The number of ether oxygens (including phenoxy) is 1. The molecule has 2 nitrogen and oxygen atoms in total. The largest absolute Gasteiger partial charge is 0.349 e. The van der Waals surface area contributed by atoms with Gasteiger partial charge in [-0.2, -0.15) is 0 Å². The van der Waals surface area contributed by atoms with Gasteiger partial charge in [-0.05, 0) is 13.3 Å². The molecule has 0 bridgehead atoms. The highest BCUT2D eigenvalue weighted by Gasteiger charge is 2.20. The molecule has 1 fully saturated rings. The lowest BCUT2D eigenvalue weighted by Crippen LogP contribution is -2.06. The summed E-state index contributed by atoms with van der Waals surface area (Å²) in [4.78, 5) is 0. The minimum atomic E-state index is 0.0607. The molecule has 0 aromatic carbocycles. The SMILES string of the molecule is CC1CCC(OI)O1. The van der Waals surface area contributed by atoms with Crippen molar-refractivity contribution in [3.8, 4) is 0 Å². The van der Waals surface area contributed by atoms with Crippen LogP contribution in [0.1, 0.15) is 19.8 Å². The molecule has 1 aliphatic rings. The monoisotopic (exact) mass is 228 g/mol. The lowest BCUT2D eigenvalue weighted by Gasteiger charge is -2.04. The third-order valence-corrected chi connectivity index (χ3v) is 1.86. The fraction of sp³-hybridized carbons (Fsp3) is 1.00. The first-order chi connectivity index (χ1) is 3.83. The summed E-state index contributed by atoms with van der Waals surface area (Å²) in [6.07, 6.45) is 2.64. The van der Waals surface area contributed by atoms with E-state index in [2.05, 4.69) is 6.92 Å². The van der Waals surface area contributed by atoms with Crippen molar-refractivity contribution < 1.29 is 7.80 Å². The van der Waals surface area contributed by atoms with Crippen LogP contribution < -0.4 is 0 Å². The maximum atomic E-state index is 5.28. The Bertz CT molecular complexity index is 76.8. The first-order valence-electron chi connectivity index (χ1n) is 2.76. The second-order valence-corrected chi connectivity index (χ2v) is 2.55. The Morgan fingerprint density at radius 1 is 1.62 bits per heavy atom. The molecular formula is C5H9IO2. The fourth-order valence-electron chi connectivity index (χ4n) is 0.832. The molecule has 0 radical (unpaired) electrons. The quantitative estimate of drug-likeness (QED) is 0.638. The molecule has 0 aromatic rings. The van der Waals surface area contributed by atoms with Crippen molar-refractivity contribution >= 4 is 23.0 Å². The lowest BCUT2D eigenvalue weighted by molar-refractivity contribution is -0.0428. The summed E-state index contributed by atoms with van der Waals surface area (Å²) >= 11 is 1.87. The van der Waals surface area contributed by atoms with Gasteiger partial charge in [0.2, 0.25) is 0 Å². The Hall–Kier alpha value is 0.650. The molecule has 2 atom stereocenters. The molecule has 0 amide bonds. The average Bonchev–Trinajstić information content (AvgIpc) is 2.14. The zero-order chi connectivity index (χ0) is 5.98. The van der Waals surface area contributed by atoms with Crippen molar-refractivity contribution in [3.63, 3.8) is 0 Å². The molecule has 0 aliphatic carbocycles. The lowest BCUT2D eigenvalue weighted by atomic mass is 10.3. The molecule has 0 aromatic heterocycles. The van der Waals surface area contributed by atoms with Crippen LogP contribution in [0.15, 0.2) is 0 Å². The van der Waals surface area contributed by atoms with Gasteiger partial charge in [-0.25, -0.2) is 0 Å². The molecule has 1 aliphatic heterocycles. The first-order valence-corrected chi connectivity index (χ1v) is 3.64. The first kappa shape index (κ1) is 6.77. The summed E-state index contributed by atoms with van der Waals surface area (Å²) in [6.45, 7) is 2.07. The van der Waals surface area contributed by atoms with Crippen LogP contribution in [0, 0.1) is 0 Å². The molecule has 3 heteroatoms. The highest BCUT2D eigenvalue weighted by molar-refractivity contribution is 14.1. The normalized spacial score (nSPS) is 38.2. The number of hydrogen-bond acceptors (Lipinski definition) is 2. The molecule has 1 heterocycles. The highest BCUT2D eigenvalue weighted by Crippen LogP contribution is 2.21. The fourth-order valence-corrected chi connectivity index (χ4v) is 1.21. The van der Waals surface area contributed by atoms with E-state index >= 15 is 0 Å². The minimum Gasteiger partial charge on any atom is -0.349 e. The van der Waals surface area contributed by atoms with Crippen molar-refractivity contribution in [2.45, 2.75) is 32.2 Å². The van der Waals surface area contributed by atoms with E-state index < -0.39 is 0 Å². The van der Waals surface area contributed by atoms with Gasteiger partial charge in [0.15, 0.2) is 6.29 Å². The van der Waals surface area contributed by atoms with Crippen LogP contribution in [0.3, 0.4) is 0 Å². The summed E-state index contributed by atoms with van der Waals surface area (Å²) in [7, 11) is 0. The summed E-state index contributed by atoms with van der Waals surface area (Å²) in [5.41, 5.74) is 0. The molecule has 1 rings (SSSR count). The molecule has 0 N–H and O–H groups in total. The second kappa shape index (κ2) is 2.98. The molecular weight excluding hydrogens is 219 g/mol. The smallest absolute Gasteiger partial charge is 0.169 e. The Morgan fingerprint density at radius 2 is 2.38 bits per heavy atom. The van der Waals surface area contributed by atoms with E-state index in [-0.39, 0.29) is 6.29 Å². The highest BCUT2D eigenvalue weighted by atomic mass is 127. The third kappa shape index (κ3) is 1.56. The van der Waals surface area contributed by atoms with Crippen molar-refractivity contribution in [1.29, 1.82) is 0 Å². The minimum absolute atomic E-state index is 0.0607.